The predicted molar refractivity (Wildman–Crippen MR) is 102 cm³/mol. The topological polar surface area (TPSA) is 49.8 Å². The van der Waals surface area contributed by atoms with E-state index in [1.807, 2.05) is 73.7 Å². The number of carbonyl (C=O) groups is 1. The Morgan fingerprint density at radius 1 is 1.08 bits per heavy atom. The maximum absolute atomic E-state index is 11.8. The van der Waals surface area contributed by atoms with E-state index in [4.69, 9.17) is 4.84 Å². The van der Waals surface area contributed by atoms with Crippen LogP contribution in [0.1, 0.15) is 18.1 Å². The van der Waals surface area contributed by atoms with Gasteiger partial charge in [-0.25, -0.2) is 0 Å². The van der Waals surface area contributed by atoms with E-state index < -0.39 is 0 Å². The van der Waals surface area contributed by atoms with Crippen molar-refractivity contribution in [1.82, 2.24) is 5.06 Å². The maximum atomic E-state index is 11.8. The van der Waals surface area contributed by atoms with Crippen molar-refractivity contribution in [2.24, 2.45) is 0 Å². The van der Waals surface area contributed by atoms with Gasteiger partial charge >= 0.3 is 0 Å². The smallest absolute Gasteiger partial charge is 0.163 e. The van der Waals surface area contributed by atoms with Gasteiger partial charge in [-0.3, -0.25) is 4.79 Å². The van der Waals surface area contributed by atoms with Crippen LogP contribution in [0.2, 0.25) is 0 Å². The largest absolute Gasteiger partial charge is 0.508 e. The van der Waals surface area contributed by atoms with E-state index in [0.717, 1.165) is 17.4 Å². The second kappa shape index (κ2) is 8.32. The first-order chi connectivity index (χ1) is 12.7. The molecule has 0 saturated heterocycles. The van der Waals surface area contributed by atoms with Crippen LogP contribution in [0.5, 0.6) is 5.75 Å². The molecule has 1 N–H and O–H groups in total. The van der Waals surface area contributed by atoms with Gasteiger partial charge in [0, 0.05) is 5.56 Å². The van der Waals surface area contributed by atoms with Crippen LogP contribution < -0.4 is 0 Å². The molecular weight excluding hydrogens is 326 g/mol. The number of hydroxylamine groups is 2. The Hall–Kier alpha value is -3.11. The summed E-state index contributed by atoms with van der Waals surface area (Å²) < 4.78 is 0. The molecule has 0 radical (unpaired) electrons. The molecule has 0 saturated carbocycles. The molecule has 0 aromatic heterocycles. The van der Waals surface area contributed by atoms with E-state index >= 15 is 0 Å². The molecule has 1 heterocycles. The lowest BCUT2D eigenvalue weighted by molar-refractivity contribution is -0.107. The molecule has 4 nitrogen and oxygen atoms in total. The lowest BCUT2D eigenvalue weighted by atomic mass is 10.0. The van der Waals surface area contributed by atoms with Gasteiger partial charge in [-0.15, -0.1) is 5.06 Å². The third kappa shape index (κ3) is 3.92. The molecule has 1 aliphatic heterocycles. The SMILES string of the molecule is CC=CC=CC1C(C=O)=C(c2ccccc2)ON1Cc1ccc(O)cc1. The van der Waals surface area contributed by atoms with E-state index in [2.05, 4.69) is 0 Å². The summed E-state index contributed by atoms with van der Waals surface area (Å²) in [6.45, 7) is 2.42. The van der Waals surface area contributed by atoms with Crippen LogP contribution in [0.4, 0.5) is 0 Å². The van der Waals surface area contributed by atoms with Gasteiger partial charge in [0.25, 0.3) is 0 Å². The lowest BCUT2D eigenvalue weighted by Crippen LogP contribution is -2.29. The molecule has 0 fully saturated rings. The Kier molecular flexibility index (Phi) is 5.66. The lowest BCUT2D eigenvalue weighted by Gasteiger charge is -2.21. The van der Waals surface area contributed by atoms with Gasteiger partial charge in [0.2, 0.25) is 0 Å². The molecule has 2 aromatic rings. The summed E-state index contributed by atoms with van der Waals surface area (Å²) in [5.41, 5.74) is 2.44. The van der Waals surface area contributed by atoms with Crippen LogP contribution in [-0.4, -0.2) is 22.5 Å². The molecule has 26 heavy (non-hydrogen) atoms. The first kappa shape index (κ1) is 17.7. The summed E-state index contributed by atoms with van der Waals surface area (Å²) in [6.07, 6.45) is 8.57. The van der Waals surface area contributed by atoms with E-state index in [1.54, 1.807) is 17.2 Å². The minimum atomic E-state index is -0.285. The molecule has 4 heteroatoms. The van der Waals surface area contributed by atoms with Crippen LogP contribution in [-0.2, 0) is 16.2 Å². The van der Waals surface area contributed by atoms with Crippen molar-refractivity contribution in [2.45, 2.75) is 19.5 Å². The Morgan fingerprint density at radius 2 is 1.81 bits per heavy atom. The van der Waals surface area contributed by atoms with Gasteiger partial charge in [0.05, 0.1) is 18.2 Å². The Labute approximate surface area is 153 Å². The highest BCUT2D eigenvalue weighted by Gasteiger charge is 2.34. The highest BCUT2D eigenvalue weighted by Crippen LogP contribution is 2.34. The number of allylic oxidation sites excluding steroid dienone is 3. The number of rotatable bonds is 6. The second-order valence-corrected chi connectivity index (χ2v) is 5.96. The molecular formula is C22H21NO3. The van der Waals surface area contributed by atoms with Gasteiger partial charge in [-0.2, -0.15) is 0 Å². The number of nitrogens with zero attached hydrogens (tertiary/aromatic N) is 1. The number of hydrogen-bond donors (Lipinski definition) is 1. The van der Waals surface area contributed by atoms with Crippen molar-refractivity contribution in [3.05, 3.63) is 95.6 Å². The summed E-state index contributed by atoms with van der Waals surface area (Å²) in [6, 6.07) is 16.3. The number of aldehydes is 1. The monoisotopic (exact) mass is 347 g/mol. The maximum Gasteiger partial charge on any atom is 0.163 e. The summed E-state index contributed by atoms with van der Waals surface area (Å²) in [5, 5.41) is 11.2. The van der Waals surface area contributed by atoms with Gasteiger partial charge in [0.1, 0.15) is 5.75 Å². The Balaban J connectivity index is 1.93. The molecule has 0 spiro atoms. The van der Waals surface area contributed by atoms with Crippen molar-refractivity contribution >= 4 is 12.0 Å². The number of phenolic OH excluding ortho intramolecular Hbond substituents is 1. The van der Waals surface area contributed by atoms with Crippen LogP contribution in [0.25, 0.3) is 5.76 Å². The van der Waals surface area contributed by atoms with Gasteiger partial charge in [0.15, 0.2) is 12.0 Å². The summed E-state index contributed by atoms with van der Waals surface area (Å²) in [7, 11) is 0. The fourth-order valence-electron chi connectivity index (χ4n) is 2.84. The highest BCUT2D eigenvalue weighted by atomic mass is 16.7. The molecule has 132 valence electrons. The van der Waals surface area contributed by atoms with Crippen molar-refractivity contribution < 1.29 is 14.7 Å². The number of hydrogen-bond acceptors (Lipinski definition) is 4. The van der Waals surface area contributed by atoms with E-state index in [1.165, 1.54) is 0 Å². The fourth-order valence-corrected chi connectivity index (χ4v) is 2.84. The third-order valence-electron chi connectivity index (χ3n) is 4.13. The van der Waals surface area contributed by atoms with Crippen LogP contribution >= 0.6 is 0 Å². The van der Waals surface area contributed by atoms with Gasteiger partial charge in [-0.05, 0) is 24.6 Å². The standard InChI is InChI=1S/C22H21NO3/c1-2-3-5-10-21-20(16-24)22(18-8-6-4-7-9-18)26-23(21)15-17-11-13-19(25)14-12-17/h2-14,16,21,25H,15H2,1H3. The number of carbonyl (C=O) groups excluding carboxylic acids is 1. The molecule has 3 rings (SSSR count). The summed E-state index contributed by atoms with van der Waals surface area (Å²) >= 11 is 0. The number of aromatic hydroxyl groups is 1. The molecule has 0 aliphatic carbocycles. The molecule has 1 aliphatic rings. The van der Waals surface area contributed by atoms with Crippen molar-refractivity contribution in [2.75, 3.05) is 0 Å². The average molecular weight is 347 g/mol. The zero-order valence-electron chi connectivity index (χ0n) is 14.6. The average Bonchev–Trinajstić information content (AvgIpc) is 3.02. The van der Waals surface area contributed by atoms with Gasteiger partial charge < -0.3 is 9.94 Å². The van der Waals surface area contributed by atoms with E-state index in [0.29, 0.717) is 17.9 Å². The fraction of sp³-hybridized carbons (Fsp3) is 0.136. The number of benzene rings is 2. The summed E-state index contributed by atoms with van der Waals surface area (Å²) in [4.78, 5) is 17.9. The molecule has 1 atom stereocenters. The minimum Gasteiger partial charge on any atom is -0.508 e. The normalized spacial score (nSPS) is 18.0. The van der Waals surface area contributed by atoms with Gasteiger partial charge in [-0.1, -0.05) is 66.8 Å². The molecule has 0 bridgehead atoms. The minimum absolute atomic E-state index is 0.220. The molecule has 0 amide bonds. The predicted octanol–water partition coefficient (Wildman–Crippen LogP) is 4.25. The molecule has 2 aromatic carbocycles. The zero-order valence-corrected chi connectivity index (χ0v) is 14.6. The van der Waals surface area contributed by atoms with Crippen LogP contribution in [0.3, 0.4) is 0 Å². The highest BCUT2D eigenvalue weighted by molar-refractivity contribution is 5.89. The quantitative estimate of drug-likeness (QED) is 0.627. The van der Waals surface area contributed by atoms with E-state index in [-0.39, 0.29) is 11.8 Å². The number of phenols is 1. The Bertz CT molecular complexity index is 835. The van der Waals surface area contributed by atoms with Crippen LogP contribution in [0.15, 0.2) is 84.5 Å². The van der Waals surface area contributed by atoms with Crippen molar-refractivity contribution in [3.63, 3.8) is 0 Å². The first-order valence-electron chi connectivity index (χ1n) is 8.49. The zero-order chi connectivity index (χ0) is 18.4. The van der Waals surface area contributed by atoms with Crippen molar-refractivity contribution in [3.8, 4) is 5.75 Å². The van der Waals surface area contributed by atoms with Crippen LogP contribution in [0, 0.1) is 0 Å². The molecule has 1 unspecified atom stereocenters. The first-order valence-corrected chi connectivity index (χ1v) is 8.49. The Morgan fingerprint density at radius 3 is 2.46 bits per heavy atom. The van der Waals surface area contributed by atoms with E-state index in [9.17, 15) is 9.90 Å². The third-order valence-corrected chi connectivity index (χ3v) is 4.13. The van der Waals surface area contributed by atoms with Crippen molar-refractivity contribution in [1.29, 1.82) is 0 Å². The summed E-state index contributed by atoms with van der Waals surface area (Å²) in [5.74, 6) is 0.798. The second-order valence-electron chi connectivity index (χ2n) is 5.96.